The van der Waals surface area contributed by atoms with E-state index in [1.54, 1.807) is 0 Å². The number of rotatable bonds is 15. The molecule has 0 aromatic heterocycles. The summed E-state index contributed by atoms with van der Waals surface area (Å²) in [6.07, 6.45) is -0.212. The lowest BCUT2D eigenvalue weighted by atomic mass is 9.96. The molecule has 338 valence electrons. The van der Waals surface area contributed by atoms with E-state index in [0.717, 1.165) is 72.8 Å². The van der Waals surface area contributed by atoms with Gasteiger partial charge in [-0.15, -0.1) is 0 Å². The monoisotopic (exact) mass is 1030 g/mol. The van der Waals surface area contributed by atoms with Gasteiger partial charge in [0, 0.05) is 12.3 Å². The van der Waals surface area contributed by atoms with Crippen LogP contribution in [0.3, 0.4) is 0 Å². The van der Waals surface area contributed by atoms with Crippen molar-refractivity contribution in [2.24, 2.45) is 0 Å². The molecule has 0 heterocycles. The highest BCUT2D eigenvalue weighted by molar-refractivity contribution is 7.87. The summed E-state index contributed by atoms with van der Waals surface area (Å²) in [5.41, 5.74) is 0.463. The second-order valence-electron chi connectivity index (χ2n) is 13.6. The Morgan fingerprint density at radius 2 is 0.469 bits per heavy atom. The SMILES string of the molecule is O=S(=O)(O)c1ccc(P(Cc2ccc(S(=O)(=O)O)cc2-c2cc(S(=O)(=O)O)ccc2CP(c2ccc(S(=O)(=O)O)cc2)c2ccc(S(=O)(=O)O)cc2)c2ccc(S(=O)(=O)O)cc2)cc1. The van der Waals surface area contributed by atoms with E-state index < -0.39 is 106 Å². The first-order chi connectivity index (χ1) is 29.5. The summed E-state index contributed by atoms with van der Waals surface area (Å²) in [4.78, 5) is -3.16. The van der Waals surface area contributed by atoms with Gasteiger partial charge < -0.3 is 0 Å². The van der Waals surface area contributed by atoms with Gasteiger partial charge in [0.2, 0.25) is 0 Å². The van der Waals surface area contributed by atoms with Gasteiger partial charge in [-0.1, -0.05) is 60.7 Å². The lowest BCUT2D eigenvalue weighted by molar-refractivity contribution is 0.481. The van der Waals surface area contributed by atoms with Crippen molar-refractivity contribution in [3.8, 4) is 11.1 Å². The van der Waals surface area contributed by atoms with Crippen molar-refractivity contribution in [2.75, 3.05) is 0 Å². The Bertz CT molecular complexity index is 3070. The summed E-state index contributed by atoms with van der Waals surface area (Å²) in [5.74, 6) is 0. The topological polar surface area (TPSA) is 326 Å². The van der Waals surface area contributed by atoms with Crippen LogP contribution in [0.1, 0.15) is 11.1 Å². The Hall–Kier alpha value is -4.36. The van der Waals surface area contributed by atoms with E-state index in [-0.39, 0.29) is 34.6 Å². The van der Waals surface area contributed by atoms with Gasteiger partial charge in [-0.25, -0.2) is 0 Å². The van der Waals surface area contributed by atoms with Crippen LogP contribution in [0.5, 0.6) is 0 Å². The van der Waals surface area contributed by atoms with Crippen LogP contribution >= 0.6 is 15.8 Å². The zero-order valence-electron chi connectivity index (χ0n) is 32.0. The molecule has 6 aromatic rings. The molecule has 0 atom stereocenters. The smallest absolute Gasteiger partial charge is 0.282 e. The summed E-state index contributed by atoms with van der Waals surface area (Å²) in [5, 5.41) is 1.68. The molecule has 18 nitrogen and oxygen atoms in total. The highest BCUT2D eigenvalue weighted by Crippen LogP contribution is 2.46. The van der Waals surface area contributed by atoms with Gasteiger partial charge in [-0.05, 0) is 132 Å². The molecule has 0 saturated carbocycles. The van der Waals surface area contributed by atoms with Crippen molar-refractivity contribution in [2.45, 2.75) is 41.7 Å². The molecular formula is C38H32O18P2S6. The molecule has 0 saturated heterocycles. The van der Waals surface area contributed by atoms with Crippen molar-refractivity contribution >= 4 is 97.8 Å². The predicted octanol–water partition coefficient (Wildman–Crippen LogP) is 4.10. The van der Waals surface area contributed by atoms with Gasteiger partial charge >= 0.3 is 0 Å². The maximum Gasteiger partial charge on any atom is 0.294 e. The largest absolute Gasteiger partial charge is 0.294 e. The summed E-state index contributed by atoms with van der Waals surface area (Å²) < 4.78 is 205. The minimum absolute atomic E-state index is 0.0226. The lowest BCUT2D eigenvalue weighted by Crippen LogP contribution is -2.16. The van der Waals surface area contributed by atoms with Crippen LogP contribution < -0.4 is 21.2 Å². The molecule has 0 radical (unpaired) electrons. The zero-order valence-corrected chi connectivity index (χ0v) is 38.7. The molecule has 0 spiro atoms. The standard InChI is InChI=1S/C38H32O18P2S6/c39-59(40,41)31-13-3-27(4-14-31)57(28-5-15-32(16-6-28)60(42,43)44)23-25-1-11-35(63(51,52)53)21-37(25)38-22-36(64(54,55)56)12-2-26(38)24-58(29-7-17-33(18-8-29)61(45,46)47)30-9-19-34(20-10-30)62(48,49)50/h1-22H,23-24H2,(H,39,40,41)(H,42,43,44)(H,45,46,47)(H,48,49,50)(H,51,52,53)(H,54,55,56). The first kappa shape index (κ1) is 49.1. The van der Waals surface area contributed by atoms with E-state index in [1.807, 2.05) is 0 Å². The Morgan fingerprint density at radius 3 is 0.656 bits per heavy atom. The lowest BCUT2D eigenvalue weighted by Gasteiger charge is -2.24. The predicted molar refractivity (Wildman–Crippen MR) is 236 cm³/mol. The van der Waals surface area contributed by atoms with Gasteiger partial charge in [0.15, 0.2) is 0 Å². The third-order valence-corrected chi connectivity index (χ3v) is 19.7. The minimum Gasteiger partial charge on any atom is -0.282 e. The normalized spacial score (nSPS) is 13.1. The number of benzene rings is 6. The summed E-state index contributed by atoms with van der Waals surface area (Å²) in [6.45, 7) is 0. The van der Waals surface area contributed by atoms with Crippen molar-refractivity contribution in [1.82, 2.24) is 0 Å². The van der Waals surface area contributed by atoms with Crippen LogP contribution in [0.2, 0.25) is 0 Å². The van der Waals surface area contributed by atoms with E-state index in [4.69, 9.17) is 0 Å². The second kappa shape index (κ2) is 18.1. The van der Waals surface area contributed by atoms with Gasteiger partial charge in [0.05, 0.1) is 29.4 Å². The fraction of sp³-hybridized carbons (Fsp3) is 0.0526. The molecule has 26 heteroatoms. The van der Waals surface area contributed by atoms with Crippen LogP contribution in [-0.4, -0.2) is 77.8 Å². The molecule has 0 unspecified atom stereocenters. The number of hydrogen-bond donors (Lipinski definition) is 6. The highest BCUT2D eigenvalue weighted by Gasteiger charge is 2.26. The quantitative estimate of drug-likeness (QED) is 0.0623. The molecule has 0 bridgehead atoms. The molecule has 0 aliphatic carbocycles. The second-order valence-corrected chi connectivity index (χ2v) is 26.6. The zero-order chi connectivity index (χ0) is 47.2. The average Bonchev–Trinajstić information content (AvgIpc) is 3.20. The molecule has 6 N–H and O–H groups in total. The van der Waals surface area contributed by atoms with Crippen molar-refractivity contribution in [1.29, 1.82) is 0 Å². The van der Waals surface area contributed by atoms with E-state index in [2.05, 4.69) is 0 Å². The molecule has 0 aliphatic rings. The van der Waals surface area contributed by atoms with E-state index in [1.165, 1.54) is 60.7 Å². The fourth-order valence-corrected chi connectivity index (χ4v) is 13.9. The van der Waals surface area contributed by atoms with E-state index >= 15 is 0 Å². The van der Waals surface area contributed by atoms with Crippen molar-refractivity contribution < 1.29 is 77.8 Å². The highest BCUT2D eigenvalue weighted by atomic mass is 32.2. The molecular weight excluding hydrogens is 999 g/mol. The van der Waals surface area contributed by atoms with Crippen LogP contribution in [0, 0.1) is 0 Å². The summed E-state index contributed by atoms with van der Waals surface area (Å²) >= 11 is 0. The van der Waals surface area contributed by atoms with Crippen LogP contribution in [-0.2, 0) is 73.0 Å². The molecule has 0 amide bonds. The average molecular weight is 1030 g/mol. The van der Waals surface area contributed by atoms with Gasteiger partial charge in [0.1, 0.15) is 0 Å². The molecule has 0 aliphatic heterocycles. The maximum atomic E-state index is 12.6. The fourth-order valence-electron chi connectivity index (χ4n) is 6.41. The first-order valence-corrected chi connectivity index (χ1v) is 29.3. The van der Waals surface area contributed by atoms with Crippen LogP contribution in [0.25, 0.3) is 11.1 Å². The Kier molecular flexibility index (Phi) is 13.9. The van der Waals surface area contributed by atoms with Crippen molar-refractivity contribution in [3.05, 3.63) is 145 Å². The molecule has 6 aromatic carbocycles. The van der Waals surface area contributed by atoms with Gasteiger partial charge in [-0.3, -0.25) is 27.3 Å². The Morgan fingerprint density at radius 1 is 0.281 bits per heavy atom. The third kappa shape index (κ3) is 11.7. The van der Waals surface area contributed by atoms with Crippen LogP contribution in [0.15, 0.2) is 163 Å². The number of hydrogen-bond acceptors (Lipinski definition) is 12. The molecule has 6 rings (SSSR count). The van der Waals surface area contributed by atoms with Gasteiger partial charge in [-0.2, -0.15) is 50.5 Å². The van der Waals surface area contributed by atoms with Gasteiger partial charge in [0.25, 0.3) is 60.7 Å². The third-order valence-electron chi connectivity index (χ3n) is 9.49. The molecule has 64 heavy (non-hydrogen) atoms. The summed E-state index contributed by atoms with van der Waals surface area (Å²) in [6, 6.07) is 26.6. The van der Waals surface area contributed by atoms with Crippen LogP contribution in [0.4, 0.5) is 0 Å². The Labute approximate surface area is 370 Å². The maximum absolute atomic E-state index is 12.6. The first-order valence-electron chi connectivity index (χ1n) is 17.6. The molecule has 0 fully saturated rings. The Balaban J connectivity index is 1.60. The van der Waals surface area contributed by atoms with E-state index in [0.29, 0.717) is 21.2 Å². The van der Waals surface area contributed by atoms with Crippen molar-refractivity contribution in [3.63, 3.8) is 0 Å². The van der Waals surface area contributed by atoms with E-state index in [9.17, 15) is 77.8 Å². The summed E-state index contributed by atoms with van der Waals surface area (Å²) in [7, 11) is -32.1. The minimum atomic E-state index is -4.97.